The fourth-order valence-corrected chi connectivity index (χ4v) is 3.99. The monoisotopic (exact) mass is 344 g/mol. The third-order valence-corrected chi connectivity index (χ3v) is 5.93. The highest BCUT2D eigenvalue weighted by Crippen LogP contribution is 2.26. The summed E-state index contributed by atoms with van der Waals surface area (Å²) in [5, 5.41) is 12.5. The maximum absolute atomic E-state index is 11.0. The number of thiophene rings is 1. The van der Waals surface area contributed by atoms with Gasteiger partial charge in [-0.3, -0.25) is 0 Å². The van der Waals surface area contributed by atoms with Crippen molar-refractivity contribution in [1.29, 1.82) is 0 Å². The first-order valence-corrected chi connectivity index (χ1v) is 9.26. The number of hydrogen-bond acceptors (Lipinski definition) is 4. The second kappa shape index (κ2) is 7.26. The van der Waals surface area contributed by atoms with E-state index in [1.54, 1.807) is 6.07 Å². The molecule has 0 atom stereocenters. The number of anilines is 2. The van der Waals surface area contributed by atoms with Crippen LogP contribution in [-0.2, 0) is 6.54 Å². The first-order valence-electron chi connectivity index (χ1n) is 8.44. The summed E-state index contributed by atoms with van der Waals surface area (Å²) in [6, 6.07) is 10.3. The van der Waals surface area contributed by atoms with Crippen LogP contribution >= 0.6 is 11.3 Å². The van der Waals surface area contributed by atoms with Gasteiger partial charge < -0.3 is 15.3 Å². The van der Waals surface area contributed by atoms with Crippen molar-refractivity contribution in [2.24, 2.45) is 5.92 Å². The summed E-state index contributed by atoms with van der Waals surface area (Å²) in [7, 11) is 0. The summed E-state index contributed by atoms with van der Waals surface area (Å²) in [5.74, 6) is -0.0125. The number of carboxylic acid groups (broad SMARTS) is 1. The van der Waals surface area contributed by atoms with Gasteiger partial charge in [-0.2, -0.15) is 0 Å². The van der Waals surface area contributed by atoms with Gasteiger partial charge >= 0.3 is 5.97 Å². The minimum Gasteiger partial charge on any atom is -0.477 e. The van der Waals surface area contributed by atoms with E-state index < -0.39 is 5.97 Å². The highest BCUT2D eigenvalue weighted by atomic mass is 32.1. The molecule has 1 saturated heterocycles. The molecule has 3 rings (SSSR count). The molecule has 1 fully saturated rings. The number of nitrogens with zero attached hydrogens (tertiary/aromatic N) is 1. The fraction of sp³-hybridized carbons (Fsp3) is 0.421. The third-order valence-electron chi connectivity index (χ3n) is 4.70. The number of piperidine rings is 1. The van der Waals surface area contributed by atoms with Gasteiger partial charge in [-0.15, -0.1) is 11.3 Å². The highest BCUT2D eigenvalue weighted by molar-refractivity contribution is 7.14. The van der Waals surface area contributed by atoms with Crippen LogP contribution < -0.4 is 10.2 Å². The van der Waals surface area contributed by atoms with Crippen molar-refractivity contribution >= 4 is 28.7 Å². The minimum atomic E-state index is -0.852. The molecule has 0 amide bonds. The second-order valence-corrected chi connectivity index (χ2v) is 7.73. The van der Waals surface area contributed by atoms with Crippen molar-refractivity contribution in [2.75, 3.05) is 23.3 Å². The number of benzene rings is 1. The first-order chi connectivity index (χ1) is 11.5. The molecule has 0 unspecified atom stereocenters. The number of aryl methyl sites for hydroxylation is 1. The van der Waals surface area contributed by atoms with Crippen molar-refractivity contribution in [2.45, 2.75) is 33.2 Å². The molecule has 0 spiro atoms. The Morgan fingerprint density at radius 3 is 2.54 bits per heavy atom. The molecule has 128 valence electrons. The summed E-state index contributed by atoms with van der Waals surface area (Å²) in [5.41, 5.74) is 3.38. The molecule has 2 N–H and O–H groups in total. The summed E-state index contributed by atoms with van der Waals surface area (Å²) >= 11 is 1.34. The van der Waals surface area contributed by atoms with Crippen LogP contribution in [0.25, 0.3) is 0 Å². The predicted molar refractivity (Wildman–Crippen MR) is 100 cm³/mol. The molecule has 1 aliphatic rings. The molecular formula is C19H24N2O2S. The molecule has 24 heavy (non-hydrogen) atoms. The van der Waals surface area contributed by atoms with E-state index in [4.69, 9.17) is 5.11 Å². The fourth-order valence-electron chi connectivity index (χ4n) is 3.04. The number of aromatic carboxylic acids is 1. The number of nitrogens with one attached hydrogen (secondary N) is 1. The molecule has 4 nitrogen and oxygen atoms in total. The van der Waals surface area contributed by atoms with Gasteiger partial charge in [-0.1, -0.05) is 6.92 Å². The van der Waals surface area contributed by atoms with Gasteiger partial charge in [0.05, 0.1) is 0 Å². The molecule has 0 saturated carbocycles. The largest absolute Gasteiger partial charge is 0.477 e. The van der Waals surface area contributed by atoms with Crippen LogP contribution in [-0.4, -0.2) is 24.2 Å². The Labute approximate surface area is 147 Å². The van der Waals surface area contributed by atoms with Crippen molar-refractivity contribution in [1.82, 2.24) is 0 Å². The van der Waals surface area contributed by atoms with Gasteiger partial charge in [0.25, 0.3) is 0 Å². The Balaban J connectivity index is 1.59. The standard InChI is InChI=1S/C19H24N2O2S/c1-13-7-9-21(10-8-13)16-5-3-15(4-6-16)20-12-18-14(2)11-17(24-18)19(22)23/h3-6,11,13,20H,7-10,12H2,1-2H3,(H,22,23). The van der Waals surface area contributed by atoms with E-state index >= 15 is 0 Å². The Morgan fingerprint density at radius 2 is 1.96 bits per heavy atom. The number of carbonyl (C=O) groups is 1. The molecular weight excluding hydrogens is 320 g/mol. The molecule has 2 aromatic rings. The van der Waals surface area contributed by atoms with E-state index in [1.807, 2.05) is 6.92 Å². The summed E-state index contributed by atoms with van der Waals surface area (Å²) in [4.78, 5) is 15.0. The lowest BCUT2D eigenvalue weighted by Crippen LogP contribution is -2.32. The van der Waals surface area contributed by atoms with E-state index in [0.29, 0.717) is 11.4 Å². The maximum Gasteiger partial charge on any atom is 0.345 e. The number of hydrogen-bond donors (Lipinski definition) is 2. The molecule has 1 aliphatic heterocycles. The number of carboxylic acids is 1. The van der Waals surface area contributed by atoms with Crippen molar-refractivity contribution in [3.8, 4) is 0 Å². The lowest BCUT2D eigenvalue weighted by molar-refractivity contribution is 0.0702. The molecule has 0 aliphatic carbocycles. The lowest BCUT2D eigenvalue weighted by atomic mass is 9.99. The first kappa shape index (κ1) is 16.8. The normalized spacial score (nSPS) is 15.5. The van der Waals surface area contributed by atoms with Crippen molar-refractivity contribution in [3.63, 3.8) is 0 Å². The maximum atomic E-state index is 11.0. The quantitative estimate of drug-likeness (QED) is 0.832. The van der Waals surface area contributed by atoms with Crippen LogP contribution in [0.3, 0.4) is 0 Å². The molecule has 0 radical (unpaired) electrons. The van der Waals surface area contributed by atoms with Crippen LogP contribution in [0.1, 0.15) is 39.9 Å². The zero-order chi connectivity index (χ0) is 17.1. The van der Waals surface area contributed by atoms with Gasteiger partial charge in [0.2, 0.25) is 0 Å². The average molecular weight is 344 g/mol. The molecule has 0 bridgehead atoms. The summed E-state index contributed by atoms with van der Waals surface area (Å²) < 4.78 is 0. The van der Waals surface area contributed by atoms with E-state index in [1.165, 1.54) is 29.9 Å². The van der Waals surface area contributed by atoms with E-state index in [9.17, 15) is 4.79 Å². The summed E-state index contributed by atoms with van der Waals surface area (Å²) in [6.45, 7) is 7.22. The molecule has 1 aromatic carbocycles. The lowest BCUT2D eigenvalue weighted by Gasteiger charge is -2.32. The van der Waals surface area contributed by atoms with Crippen molar-refractivity contribution < 1.29 is 9.90 Å². The Morgan fingerprint density at radius 1 is 1.29 bits per heavy atom. The predicted octanol–water partition coefficient (Wildman–Crippen LogP) is 4.60. The van der Waals surface area contributed by atoms with Gasteiger partial charge in [-0.25, -0.2) is 4.79 Å². The summed E-state index contributed by atoms with van der Waals surface area (Å²) in [6.07, 6.45) is 2.53. The van der Waals surface area contributed by atoms with Gasteiger partial charge in [-0.05, 0) is 61.6 Å². The molecule has 5 heteroatoms. The topological polar surface area (TPSA) is 52.6 Å². The second-order valence-electron chi connectivity index (χ2n) is 6.59. The molecule has 2 heterocycles. The Bertz CT molecular complexity index is 701. The van der Waals surface area contributed by atoms with Gasteiger partial charge in [0.15, 0.2) is 0 Å². The zero-order valence-corrected chi connectivity index (χ0v) is 15.0. The third kappa shape index (κ3) is 3.90. The van der Waals surface area contributed by atoms with Crippen LogP contribution in [0.2, 0.25) is 0 Å². The van der Waals surface area contributed by atoms with E-state index in [0.717, 1.165) is 35.1 Å². The van der Waals surface area contributed by atoms with E-state index in [-0.39, 0.29) is 0 Å². The van der Waals surface area contributed by atoms with E-state index in [2.05, 4.69) is 41.4 Å². The smallest absolute Gasteiger partial charge is 0.345 e. The van der Waals surface area contributed by atoms with Gasteiger partial charge in [0.1, 0.15) is 4.88 Å². The van der Waals surface area contributed by atoms with Crippen LogP contribution in [0, 0.1) is 12.8 Å². The van der Waals surface area contributed by atoms with Crippen molar-refractivity contribution in [3.05, 3.63) is 45.6 Å². The average Bonchev–Trinajstić information content (AvgIpc) is 2.95. The Hall–Kier alpha value is -2.01. The van der Waals surface area contributed by atoms with Gasteiger partial charge in [0, 0.05) is 35.9 Å². The Kier molecular flexibility index (Phi) is 5.09. The molecule has 1 aromatic heterocycles. The number of rotatable bonds is 5. The van der Waals surface area contributed by atoms with Crippen LogP contribution in [0.15, 0.2) is 30.3 Å². The minimum absolute atomic E-state index is 0.402. The van der Waals surface area contributed by atoms with Crippen LogP contribution in [0.5, 0.6) is 0 Å². The highest BCUT2D eigenvalue weighted by Gasteiger charge is 2.16. The SMILES string of the molecule is Cc1cc(C(=O)O)sc1CNc1ccc(N2CCC(C)CC2)cc1. The zero-order valence-electron chi connectivity index (χ0n) is 14.2. The van der Waals surface area contributed by atoms with Crippen LogP contribution in [0.4, 0.5) is 11.4 Å².